The molecule has 0 unspecified atom stereocenters. The van der Waals surface area contributed by atoms with Crippen LogP contribution in [0, 0.1) is 5.92 Å². The Bertz CT molecular complexity index is 445. The first-order valence-corrected chi connectivity index (χ1v) is 6.55. The molecular weight excluding hydrogens is 258 g/mol. The van der Waals surface area contributed by atoms with Gasteiger partial charge >= 0.3 is 5.97 Å². The summed E-state index contributed by atoms with van der Waals surface area (Å²) in [7, 11) is 4.60. The zero-order valence-electron chi connectivity index (χ0n) is 12.7. The minimum absolute atomic E-state index is 0.155. The summed E-state index contributed by atoms with van der Waals surface area (Å²) < 4.78 is 15.2. The summed E-state index contributed by atoms with van der Waals surface area (Å²) in [5.74, 6) is 1.26. The molecule has 5 heteroatoms. The van der Waals surface area contributed by atoms with E-state index in [2.05, 4.69) is 5.32 Å². The van der Waals surface area contributed by atoms with Crippen molar-refractivity contribution >= 4 is 5.97 Å². The molecule has 0 aliphatic heterocycles. The molecule has 0 bridgehead atoms. The molecule has 0 aromatic heterocycles. The maximum Gasteiger partial charge on any atom is 0.323 e. The van der Waals surface area contributed by atoms with Crippen molar-refractivity contribution < 1.29 is 19.0 Å². The standard InChI is InChI=1S/C15H23NO4/c1-10(2)14(15(17)20-5)16-9-11-6-7-12(18-3)13(8-11)19-4/h6-8,10,14,16H,9H2,1-5H3/t14-/m0/s1. The van der Waals surface area contributed by atoms with Crippen LogP contribution in [-0.4, -0.2) is 33.3 Å². The SMILES string of the molecule is COC(=O)[C@@H](NCc1ccc(OC)c(OC)c1)C(C)C. The number of hydrogen-bond acceptors (Lipinski definition) is 5. The Balaban J connectivity index is 2.75. The maximum atomic E-state index is 11.7. The molecule has 1 aromatic rings. The largest absolute Gasteiger partial charge is 0.493 e. The average molecular weight is 281 g/mol. The third-order valence-corrected chi connectivity index (χ3v) is 3.10. The van der Waals surface area contributed by atoms with Gasteiger partial charge in [-0.15, -0.1) is 0 Å². The van der Waals surface area contributed by atoms with E-state index in [1.807, 2.05) is 32.0 Å². The van der Waals surface area contributed by atoms with Crippen LogP contribution in [0.5, 0.6) is 11.5 Å². The van der Waals surface area contributed by atoms with Crippen molar-refractivity contribution in [1.82, 2.24) is 5.32 Å². The van der Waals surface area contributed by atoms with Crippen LogP contribution in [-0.2, 0) is 16.1 Å². The molecule has 0 fully saturated rings. The molecule has 0 radical (unpaired) electrons. The first kappa shape index (κ1) is 16.3. The summed E-state index contributed by atoms with van der Waals surface area (Å²) in [6.07, 6.45) is 0. The Morgan fingerprint density at radius 2 is 1.80 bits per heavy atom. The third-order valence-electron chi connectivity index (χ3n) is 3.10. The molecule has 0 aliphatic carbocycles. The van der Waals surface area contributed by atoms with Crippen LogP contribution in [0.2, 0.25) is 0 Å². The van der Waals surface area contributed by atoms with Gasteiger partial charge in [-0.2, -0.15) is 0 Å². The lowest BCUT2D eigenvalue weighted by atomic mass is 10.0. The van der Waals surface area contributed by atoms with Crippen LogP contribution >= 0.6 is 0 Å². The minimum atomic E-state index is -0.326. The zero-order chi connectivity index (χ0) is 15.1. The van der Waals surface area contributed by atoms with E-state index in [4.69, 9.17) is 14.2 Å². The van der Waals surface area contributed by atoms with E-state index in [-0.39, 0.29) is 17.9 Å². The highest BCUT2D eigenvalue weighted by Crippen LogP contribution is 2.27. The molecule has 0 aliphatic rings. The summed E-state index contributed by atoms with van der Waals surface area (Å²) in [6, 6.07) is 5.34. The van der Waals surface area contributed by atoms with Gasteiger partial charge in [-0.25, -0.2) is 0 Å². The van der Waals surface area contributed by atoms with Crippen molar-refractivity contribution in [2.24, 2.45) is 5.92 Å². The topological polar surface area (TPSA) is 56.8 Å². The van der Waals surface area contributed by atoms with Gasteiger partial charge < -0.3 is 19.5 Å². The third kappa shape index (κ3) is 4.13. The number of esters is 1. The quantitative estimate of drug-likeness (QED) is 0.775. The van der Waals surface area contributed by atoms with Crippen LogP contribution in [0.15, 0.2) is 18.2 Å². The number of methoxy groups -OCH3 is 3. The van der Waals surface area contributed by atoms with E-state index >= 15 is 0 Å². The molecule has 1 rings (SSSR count). The van der Waals surface area contributed by atoms with Crippen LogP contribution in [0.1, 0.15) is 19.4 Å². The van der Waals surface area contributed by atoms with Crippen molar-refractivity contribution in [3.8, 4) is 11.5 Å². The second kappa shape index (κ2) is 7.75. The molecule has 0 saturated carbocycles. The molecular formula is C15H23NO4. The summed E-state index contributed by atoms with van der Waals surface area (Å²) in [4.78, 5) is 11.7. The molecule has 5 nitrogen and oxygen atoms in total. The first-order chi connectivity index (χ1) is 9.53. The number of rotatable bonds is 7. The van der Waals surface area contributed by atoms with Crippen LogP contribution in [0.25, 0.3) is 0 Å². The Labute approximate surface area is 120 Å². The maximum absolute atomic E-state index is 11.7. The van der Waals surface area contributed by atoms with Gasteiger partial charge in [0.25, 0.3) is 0 Å². The van der Waals surface area contributed by atoms with E-state index in [9.17, 15) is 4.79 Å². The average Bonchev–Trinajstić information content (AvgIpc) is 2.46. The number of hydrogen-bond donors (Lipinski definition) is 1. The summed E-state index contributed by atoms with van der Waals surface area (Å²) in [6.45, 7) is 4.50. The second-order valence-corrected chi connectivity index (χ2v) is 4.82. The lowest BCUT2D eigenvalue weighted by Crippen LogP contribution is -2.41. The van der Waals surface area contributed by atoms with Gasteiger partial charge in [0.15, 0.2) is 11.5 Å². The Kier molecular flexibility index (Phi) is 6.31. The molecule has 0 saturated heterocycles. The minimum Gasteiger partial charge on any atom is -0.493 e. The van der Waals surface area contributed by atoms with Gasteiger partial charge in [0, 0.05) is 6.54 Å². The summed E-state index contributed by atoms with van der Waals surface area (Å²) in [5, 5.41) is 3.20. The molecule has 1 N–H and O–H groups in total. The highest BCUT2D eigenvalue weighted by molar-refractivity contribution is 5.75. The molecule has 0 amide bonds. The second-order valence-electron chi connectivity index (χ2n) is 4.82. The van der Waals surface area contributed by atoms with Crippen LogP contribution < -0.4 is 14.8 Å². The number of carbonyl (C=O) groups excluding carboxylic acids is 1. The van der Waals surface area contributed by atoms with E-state index in [0.717, 1.165) is 5.56 Å². The van der Waals surface area contributed by atoms with E-state index in [1.54, 1.807) is 14.2 Å². The predicted molar refractivity (Wildman–Crippen MR) is 77.0 cm³/mol. The number of carbonyl (C=O) groups is 1. The number of benzene rings is 1. The van der Waals surface area contributed by atoms with Gasteiger partial charge in [-0.3, -0.25) is 4.79 Å². The van der Waals surface area contributed by atoms with Crippen molar-refractivity contribution in [2.45, 2.75) is 26.4 Å². The molecule has 0 heterocycles. The van der Waals surface area contributed by atoms with Crippen molar-refractivity contribution in [2.75, 3.05) is 21.3 Å². The van der Waals surface area contributed by atoms with Crippen molar-refractivity contribution in [3.05, 3.63) is 23.8 Å². The smallest absolute Gasteiger partial charge is 0.323 e. The predicted octanol–water partition coefficient (Wildman–Crippen LogP) is 1.99. The monoisotopic (exact) mass is 281 g/mol. The Morgan fingerprint density at radius 3 is 2.30 bits per heavy atom. The van der Waals surface area contributed by atoms with E-state index in [1.165, 1.54) is 7.11 Å². The fourth-order valence-electron chi connectivity index (χ4n) is 1.94. The van der Waals surface area contributed by atoms with Crippen molar-refractivity contribution in [3.63, 3.8) is 0 Å². The van der Waals surface area contributed by atoms with Crippen molar-refractivity contribution in [1.29, 1.82) is 0 Å². The normalized spacial score (nSPS) is 12.1. The lowest BCUT2D eigenvalue weighted by molar-refractivity contribution is -0.144. The summed E-state index contributed by atoms with van der Waals surface area (Å²) >= 11 is 0. The Morgan fingerprint density at radius 1 is 1.15 bits per heavy atom. The fraction of sp³-hybridized carbons (Fsp3) is 0.533. The summed E-state index contributed by atoms with van der Waals surface area (Å²) in [5.41, 5.74) is 1.01. The molecule has 1 aromatic carbocycles. The van der Waals surface area contributed by atoms with Crippen LogP contribution in [0.3, 0.4) is 0 Å². The number of ether oxygens (including phenoxy) is 3. The lowest BCUT2D eigenvalue weighted by Gasteiger charge is -2.20. The van der Waals surface area contributed by atoms with Gasteiger partial charge in [0.05, 0.1) is 21.3 Å². The van der Waals surface area contributed by atoms with Crippen LogP contribution in [0.4, 0.5) is 0 Å². The van der Waals surface area contributed by atoms with Gasteiger partial charge in [0.1, 0.15) is 6.04 Å². The highest BCUT2D eigenvalue weighted by atomic mass is 16.5. The fourth-order valence-corrected chi connectivity index (χ4v) is 1.94. The Hall–Kier alpha value is -1.75. The van der Waals surface area contributed by atoms with Gasteiger partial charge in [-0.05, 0) is 23.6 Å². The zero-order valence-corrected chi connectivity index (χ0v) is 12.7. The van der Waals surface area contributed by atoms with E-state index < -0.39 is 0 Å². The highest BCUT2D eigenvalue weighted by Gasteiger charge is 2.22. The molecule has 1 atom stereocenters. The molecule has 112 valence electrons. The molecule has 20 heavy (non-hydrogen) atoms. The molecule has 0 spiro atoms. The number of nitrogens with one attached hydrogen (secondary N) is 1. The van der Waals surface area contributed by atoms with Gasteiger partial charge in [0.2, 0.25) is 0 Å². The first-order valence-electron chi connectivity index (χ1n) is 6.55. The van der Waals surface area contributed by atoms with Gasteiger partial charge in [-0.1, -0.05) is 19.9 Å². The van der Waals surface area contributed by atoms with E-state index in [0.29, 0.717) is 18.0 Å².